The molecule has 0 bridgehead atoms. The van der Waals surface area contributed by atoms with Crippen molar-refractivity contribution in [2.24, 2.45) is 0 Å². The van der Waals surface area contributed by atoms with Gasteiger partial charge in [0.1, 0.15) is 5.69 Å². The highest BCUT2D eigenvalue weighted by Crippen LogP contribution is 2.15. The van der Waals surface area contributed by atoms with Crippen LogP contribution in [0, 0.1) is 0 Å². The number of rotatable bonds is 5. The van der Waals surface area contributed by atoms with Crippen molar-refractivity contribution < 1.29 is 9.59 Å². The van der Waals surface area contributed by atoms with E-state index in [0.29, 0.717) is 11.3 Å². The zero-order valence-corrected chi connectivity index (χ0v) is 14.6. The average Bonchev–Trinajstić information content (AvgIpc) is 2.56. The summed E-state index contributed by atoms with van der Waals surface area (Å²) >= 11 is 3.34. The van der Waals surface area contributed by atoms with Gasteiger partial charge in [-0.25, -0.2) is 0 Å². The molecular weight excluding hydrogens is 358 g/mol. The molecule has 2 aromatic rings. The first-order valence-corrected chi connectivity index (χ1v) is 8.12. The largest absolute Gasteiger partial charge is 0.348 e. The highest BCUT2D eigenvalue weighted by atomic mass is 79.9. The van der Waals surface area contributed by atoms with Crippen LogP contribution < -0.4 is 10.6 Å². The van der Waals surface area contributed by atoms with Crippen LogP contribution in [0.15, 0.2) is 47.1 Å². The fourth-order valence-corrected chi connectivity index (χ4v) is 2.10. The summed E-state index contributed by atoms with van der Waals surface area (Å²) in [5.74, 6) is -0.565. The Morgan fingerprint density at radius 1 is 1.17 bits per heavy atom. The predicted molar refractivity (Wildman–Crippen MR) is 93.6 cm³/mol. The number of hydrogen-bond acceptors (Lipinski definition) is 3. The fraction of sp³-hybridized carbons (Fsp3) is 0.235. The lowest BCUT2D eigenvalue weighted by molar-refractivity contribution is 0.0934. The molecule has 0 saturated heterocycles. The summed E-state index contributed by atoms with van der Waals surface area (Å²) in [5, 5.41) is 5.61. The van der Waals surface area contributed by atoms with Crippen LogP contribution in [-0.4, -0.2) is 22.8 Å². The lowest BCUT2D eigenvalue weighted by Gasteiger charge is -2.11. The molecule has 0 aliphatic heterocycles. The number of anilines is 1. The fourth-order valence-electron chi connectivity index (χ4n) is 1.83. The van der Waals surface area contributed by atoms with E-state index in [9.17, 15) is 9.59 Å². The molecule has 0 aliphatic carbocycles. The van der Waals surface area contributed by atoms with Gasteiger partial charge in [0, 0.05) is 28.0 Å². The molecule has 1 unspecified atom stereocenters. The molecule has 0 fully saturated rings. The number of carbonyl (C=O) groups excluding carboxylic acids is 2. The number of carbonyl (C=O) groups is 2. The van der Waals surface area contributed by atoms with Crippen molar-refractivity contribution in [1.82, 2.24) is 10.3 Å². The normalized spacial score (nSPS) is 11.6. The minimum absolute atomic E-state index is 0.0598. The Hall–Kier alpha value is -2.21. The highest BCUT2D eigenvalue weighted by Gasteiger charge is 2.13. The topological polar surface area (TPSA) is 71.1 Å². The van der Waals surface area contributed by atoms with Crippen molar-refractivity contribution >= 4 is 33.4 Å². The summed E-state index contributed by atoms with van der Waals surface area (Å²) < 4.78 is 0.934. The number of amides is 2. The van der Waals surface area contributed by atoms with Gasteiger partial charge in [0.25, 0.3) is 11.8 Å². The third-order valence-electron chi connectivity index (χ3n) is 3.35. The van der Waals surface area contributed by atoms with Crippen LogP contribution >= 0.6 is 15.9 Å². The first-order valence-electron chi connectivity index (χ1n) is 7.33. The second-order valence-corrected chi connectivity index (χ2v) is 6.09. The Balaban J connectivity index is 2.10. The van der Waals surface area contributed by atoms with E-state index in [0.717, 1.165) is 10.9 Å². The summed E-state index contributed by atoms with van der Waals surface area (Å²) in [4.78, 5) is 28.4. The maximum Gasteiger partial charge on any atom is 0.270 e. The Kier molecular flexibility index (Phi) is 5.87. The van der Waals surface area contributed by atoms with Gasteiger partial charge in [0.05, 0.1) is 0 Å². The molecule has 6 heteroatoms. The predicted octanol–water partition coefficient (Wildman–Crippen LogP) is 3.62. The third kappa shape index (κ3) is 4.89. The molecule has 1 aromatic carbocycles. The van der Waals surface area contributed by atoms with Crippen LogP contribution in [0.5, 0.6) is 0 Å². The number of pyridine rings is 1. The van der Waals surface area contributed by atoms with Crippen LogP contribution in [0.3, 0.4) is 0 Å². The van der Waals surface area contributed by atoms with E-state index in [1.54, 1.807) is 18.2 Å². The van der Waals surface area contributed by atoms with Crippen LogP contribution in [0.4, 0.5) is 5.69 Å². The van der Waals surface area contributed by atoms with E-state index in [1.807, 2.05) is 26.0 Å². The Morgan fingerprint density at radius 2 is 1.87 bits per heavy atom. The molecule has 5 nitrogen and oxygen atoms in total. The number of nitrogens with one attached hydrogen (secondary N) is 2. The van der Waals surface area contributed by atoms with Gasteiger partial charge in [-0.3, -0.25) is 14.6 Å². The average molecular weight is 376 g/mol. The van der Waals surface area contributed by atoms with Gasteiger partial charge in [0.2, 0.25) is 0 Å². The number of hydrogen-bond donors (Lipinski definition) is 2. The summed E-state index contributed by atoms with van der Waals surface area (Å²) in [6.07, 6.45) is 2.29. The van der Waals surface area contributed by atoms with Gasteiger partial charge >= 0.3 is 0 Å². The minimum Gasteiger partial charge on any atom is -0.348 e. The lowest BCUT2D eigenvalue weighted by atomic mass is 10.2. The Bertz CT molecular complexity index is 701. The van der Waals surface area contributed by atoms with Gasteiger partial charge < -0.3 is 10.6 Å². The van der Waals surface area contributed by atoms with Crippen molar-refractivity contribution in [2.45, 2.75) is 26.3 Å². The molecule has 0 saturated carbocycles. The van der Waals surface area contributed by atoms with E-state index < -0.39 is 0 Å². The van der Waals surface area contributed by atoms with Crippen LogP contribution in [0.25, 0.3) is 0 Å². The number of benzene rings is 1. The van der Waals surface area contributed by atoms with Gasteiger partial charge in [0.15, 0.2) is 0 Å². The molecule has 1 aromatic heterocycles. The minimum atomic E-state index is -0.285. The molecule has 23 heavy (non-hydrogen) atoms. The van der Waals surface area contributed by atoms with Crippen molar-refractivity contribution in [1.29, 1.82) is 0 Å². The monoisotopic (exact) mass is 375 g/mol. The second-order valence-electron chi connectivity index (χ2n) is 5.17. The third-order valence-corrected chi connectivity index (χ3v) is 3.88. The zero-order valence-electron chi connectivity index (χ0n) is 13.0. The summed E-state index contributed by atoms with van der Waals surface area (Å²) in [6.45, 7) is 3.91. The van der Waals surface area contributed by atoms with E-state index in [-0.39, 0.29) is 23.6 Å². The first kappa shape index (κ1) is 17.1. The van der Waals surface area contributed by atoms with E-state index in [1.165, 1.54) is 12.3 Å². The van der Waals surface area contributed by atoms with E-state index in [4.69, 9.17) is 0 Å². The maximum absolute atomic E-state index is 12.3. The molecule has 0 spiro atoms. The molecule has 0 aliphatic rings. The van der Waals surface area contributed by atoms with Gasteiger partial charge in [-0.05, 0) is 49.7 Å². The lowest BCUT2D eigenvalue weighted by Crippen LogP contribution is -2.32. The number of nitrogens with zero attached hydrogens (tertiary/aromatic N) is 1. The summed E-state index contributed by atoms with van der Waals surface area (Å²) in [6, 6.07) is 10.4. The molecule has 0 radical (unpaired) electrons. The molecule has 120 valence electrons. The zero-order chi connectivity index (χ0) is 16.8. The molecule has 1 atom stereocenters. The SMILES string of the molecule is CCC(C)NC(=O)c1cc(C(=O)Nc2ccc(Br)cc2)ccn1. The Labute approximate surface area is 143 Å². The molecule has 2 rings (SSSR count). The van der Waals surface area contributed by atoms with Crippen molar-refractivity contribution in [3.8, 4) is 0 Å². The van der Waals surface area contributed by atoms with Crippen LogP contribution in [0.1, 0.15) is 41.1 Å². The van der Waals surface area contributed by atoms with E-state index >= 15 is 0 Å². The summed E-state index contributed by atoms with van der Waals surface area (Å²) in [7, 11) is 0. The second kappa shape index (κ2) is 7.87. The van der Waals surface area contributed by atoms with Gasteiger partial charge in [-0.15, -0.1) is 0 Å². The molecule has 2 amide bonds. The quantitative estimate of drug-likeness (QED) is 0.837. The van der Waals surface area contributed by atoms with Gasteiger partial charge in [-0.2, -0.15) is 0 Å². The number of halogens is 1. The van der Waals surface area contributed by atoms with Crippen molar-refractivity contribution in [3.63, 3.8) is 0 Å². The molecule has 2 N–H and O–H groups in total. The Morgan fingerprint density at radius 3 is 2.52 bits per heavy atom. The van der Waals surface area contributed by atoms with Crippen molar-refractivity contribution in [2.75, 3.05) is 5.32 Å². The first-order chi connectivity index (χ1) is 11.0. The maximum atomic E-state index is 12.3. The van der Waals surface area contributed by atoms with Crippen molar-refractivity contribution in [3.05, 3.63) is 58.3 Å². The smallest absolute Gasteiger partial charge is 0.270 e. The van der Waals surface area contributed by atoms with Gasteiger partial charge in [-0.1, -0.05) is 22.9 Å². The van der Waals surface area contributed by atoms with Crippen LogP contribution in [-0.2, 0) is 0 Å². The highest BCUT2D eigenvalue weighted by molar-refractivity contribution is 9.10. The standard InChI is InChI=1S/C17H18BrN3O2/c1-3-11(2)20-17(23)15-10-12(8-9-19-15)16(22)21-14-6-4-13(18)5-7-14/h4-11H,3H2,1-2H3,(H,20,23)(H,21,22). The molecular formula is C17H18BrN3O2. The number of aromatic nitrogens is 1. The molecule has 1 heterocycles. The van der Waals surface area contributed by atoms with E-state index in [2.05, 4.69) is 31.5 Å². The van der Waals surface area contributed by atoms with Crippen LogP contribution in [0.2, 0.25) is 0 Å². The summed E-state index contributed by atoms with van der Waals surface area (Å²) in [5.41, 5.74) is 1.30.